The number of methoxy groups -OCH3 is 1. The lowest BCUT2D eigenvalue weighted by molar-refractivity contribution is -0.457. The number of thiophene rings is 1. The van der Waals surface area contributed by atoms with Gasteiger partial charge in [-0.2, -0.15) is 16.4 Å². The van der Waals surface area contributed by atoms with Crippen LogP contribution in [-0.4, -0.2) is 67.9 Å². The Hall–Kier alpha value is -2.96. The van der Waals surface area contributed by atoms with E-state index >= 15 is 0 Å². The van der Waals surface area contributed by atoms with E-state index < -0.39 is 11.7 Å². The van der Waals surface area contributed by atoms with E-state index in [1.54, 1.807) is 23.6 Å². The molecule has 2 aliphatic rings. The van der Waals surface area contributed by atoms with Crippen LogP contribution < -0.4 is 9.47 Å². The number of aromatic nitrogens is 2. The minimum atomic E-state index is -3.27. The highest BCUT2D eigenvalue weighted by atomic mass is 32.1. The molecule has 11 heteroatoms. The maximum absolute atomic E-state index is 13.8. The summed E-state index contributed by atoms with van der Waals surface area (Å²) in [5, 5.41) is 36.2. The molecule has 1 fully saturated rings. The number of hydrogen-bond donors (Lipinski definition) is 3. The summed E-state index contributed by atoms with van der Waals surface area (Å²) in [5.41, 5.74) is 2.50. The Bertz CT molecular complexity index is 1220. The summed E-state index contributed by atoms with van der Waals surface area (Å²) in [7, 11) is 1.59. The average Bonchev–Trinajstić information content (AvgIpc) is 3.55. The number of likely N-dealkylation sites (tertiary alicyclic amines) is 1. The Balaban J connectivity index is 1.58. The van der Waals surface area contributed by atoms with Crippen molar-refractivity contribution < 1.29 is 34.3 Å². The largest absolute Gasteiger partial charge is 0.497 e. The van der Waals surface area contributed by atoms with E-state index in [0.29, 0.717) is 36.4 Å². The van der Waals surface area contributed by atoms with E-state index in [9.17, 15) is 20.1 Å². The molecule has 1 atom stereocenters. The predicted molar refractivity (Wildman–Crippen MR) is 122 cm³/mol. The van der Waals surface area contributed by atoms with Gasteiger partial charge >= 0.3 is 6.16 Å². The summed E-state index contributed by atoms with van der Waals surface area (Å²) in [6.07, 6.45) is -1.99. The van der Waals surface area contributed by atoms with Gasteiger partial charge in [-0.1, -0.05) is 0 Å². The summed E-state index contributed by atoms with van der Waals surface area (Å²) in [4.78, 5) is 15.4. The number of amides is 1. The monoisotopic (exact) mass is 487 g/mol. The van der Waals surface area contributed by atoms with Crippen molar-refractivity contribution in [2.75, 3.05) is 20.3 Å². The van der Waals surface area contributed by atoms with Crippen molar-refractivity contribution in [2.24, 2.45) is 0 Å². The fourth-order valence-electron chi connectivity index (χ4n) is 4.59. The number of aliphatic hydroxyl groups is 3. The molecule has 1 amide bonds. The number of fused-ring (bicyclic) bond motifs is 3. The molecule has 0 radical (unpaired) electrons. The molecule has 10 nitrogen and oxygen atoms in total. The van der Waals surface area contributed by atoms with Crippen LogP contribution in [0.4, 0.5) is 0 Å². The van der Waals surface area contributed by atoms with Crippen molar-refractivity contribution in [2.45, 2.75) is 38.1 Å². The number of carbonyl (C=O) groups excluding carboxylic acids is 1. The van der Waals surface area contributed by atoms with Gasteiger partial charge in [-0.15, -0.1) is 0 Å². The second-order valence-electron chi connectivity index (χ2n) is 8.64. The number of nitrogens with zero attached hydrogens (tertiary/aromatic N) is 3. The summed E-state index contributed by atoms with van der Waals surface area (Å²) >= 11 is 1.53. The van der Waals surface area contributed by atoms with Crippen LogP contribution in [-0.2, 0) is 11.3 Å². The highest BCUT2D eigenvalue weighted by molar-refractivity contribution is 7.08. The van der Waals surface area contributed by atoms with Crippen LogP contribution in [0.5, 0.6) is 11.5 Å². The molecule has 0 spiro atoms. The average molecular weight is 488 g/mol. The second-order valence-corrected chi connectivity index (χ2v) is 9.42. The van der Waals surface area contributed by atoms with Gasteiger partial charge in [0.25, 0.3) is 5.91 Å². The van der Waals surface area contributed by atoms with Crippen LogP contribution >= 0.6 is 11.3 Å². The number of ether oxygens (including phenoxy) is 3. The lowest BCUT2D eigenvalue weighted by Gasteiger charge is -2.35. The molecule has 1 saturated heterocycles. The quantitative estimate of drug-likeness (QED) is 0.451. The van der Waals surface area contributed by atoms with Crippen LogP contribution in [0, 0.1) is 0 Å². The maximum Gasteiger partial charge on any atom is 0.405 e. The van der Waals surface area contributed by atoms with Crippen LogP contribution in [0.2, 0.25) is 0 Å². The van der Waals surface area contributed by atoms with Gasteiger partial charge < -0.3 is 34.4 Å². The molecule has 180 valence electrons. The van der Waals surface area contributed by atoms with Crippen LogP contribution in [0.15, 0.2) is 35.0 Å². The summed E-state index contributed by atoms with van der Waals surface area (Å²) in [6.45, 7) is 2.14. The first-order valence-electron chi connectivity index (χ1n) is 10.8. The molecule has 5 rings (SSSR count). The Kier molecular flexibility index (Phi) is 5.61. The molecule has 0 bridgehead atoms. The molecule has 0 saturated carbocycles. The lowest BCUT2D eigenvalue weighted by Crippen LogP contribution is -2.50. The first kappa shape index (κ1) is 22.8. The molecule has 0 aliphatic carbocycles. The third-order valence-electron chi connectivity index (χ3n) is 6.32. The normalized spacial score (nSPS) is 19.5. The van der Waals surface area contributed by atoms with E-state index in [1.807, 2.05) is 35.0 Å². The van der Waals surface area contributed by atoms with E-state index in [4.69, 9.17) is 19.3 Å². The van der Waals surface area contributed by atoms with Crippen molar-refractivity contribution in [3.63, 3.8) is 0 Å². The molecule has 3 N–H and O–H groups in total. The van der Waals surface area contributed by atoms with Gasteiger partial charge in [-0.05, 0) is 43.3 Å². The number of carbonyl (C=O) groups is 1. The molecule has 1 aromatic carbocycles. The highest BCUT2D eigenvalue weighted by Crippen LogP contribution is 2.43. The Morgan fingerprint density at radius 3 is 2.85 bits per heavy atom. The Labute approximate surface area is 199 Å². The van der Waals surface area contributed by atoms with Gasteiger partial charge in [0, 0.05) is 29.1 Å². The fourth-order valence-corrected chi connectivity index (χ4v) is 5.21. The SMILES string of the molecule is COc1ccc2c(c1)OCc1c(C(=O)N3CCCC3(C)COC(O)(O)O)nn(-c3ccsc3)c1-2. The molecule has 34 heavy (non-hydrogen) atoms. The zero-order chi connectivity index (χ0) is 24.1. The van der Waals surface area contributed by atoms with Crippen molar-refractivity contribution >= 4 is 17.2 Å². The smallest absolute Gasteiger partial charge is 0.405 e. The van der Waals surface area contributed by atoms with Crippen molar-refractivity contribution in [1.82, 2.24) is 14.7 Å². The van der Waals surface area contributed by atoms with Gasteiger partial charge in [-0.3, -0.25) is 4.79 Å². The van der Waals surface area contributed by atoms with Gasteiger partial charge in [0.1, 0.15) is 18.1 Å². The number of rotatable bonds is 6. The van der Waals surface area contributed by atoms with Gasteiger partial charge in [0.2, 0.25) is 0 Å². The van der Waals surface area contributed by atoms with Gasteiger partial charge in [-0.25, -0.2) is 4.68 Å². The molecule has 4 heterocycles. The van der Waals surface area contributed by atoms with Crippen molar-refractivity contribution in [1.29, 1.82) is 0 Å². The minimum absolute atomic E-state index is 0.162. The molecule has 3 aromatic rings. The third-order valence-corrected chi connectivity index (χ3v) is 6.99. The number of hydrogen-bond acceptors (Lipinski definition) is 9. The van der Waals surface area contributed by atoms with E-state index in [2.05, 4.69) is 0 Å². The summed E-state index contributed by atoms with van der Waals surface area (Å²) < 4.78 is 17.9. The number of benzene rings is 1. The lowest BCUT2D eigenvalue weighted by atomic mass is 9.98. The van der Waals surface area contributed by atoms with Crippen molar-refractivity contribution in [3.05, 3.63) is 46.3 Å². The van der Waals surface area contributed by atoms with E-state index in [-0.39, 0.29) is 24.8 Å². The van der Waals surface area contributed by atoms with Crippen LogP contribution in [0.25, 0.3) is 16.9 Å². The summed E-state index contributed by atoms with van der Waals surface area (Å²) in [6, 6.07) is 7.47. The van der Waals surface area contributed by atoms with Gasteiger partial charge in [0.05, 0.1) is 30.6 Å². The topological polar surface area (TPSA) is 127 Å². The molecular weight excluding hydrogens is 462 g/mol. The predicted octanol–water partition coefficient (Wildman–Crippen LogP) is 2.10. The van der Waals surface area contributed by atoms with Crippen LogP contribution in [0.1, 0.15) is 35.8 Å². The molecular formula is C23H25N3O7S. The van der Waals surface area contributed by atoms with Crippen molar-refractivity contribution in [3.8, 4) is 28.4 Å². The molecule has 1 unspecified atom stereocenters. The standard InChI is InChI=1S/C23H25N3O7S/c1-22(13-33-23(28,29)30)7-3-8-25(22)21(27)19-17-11-32-18-10-15(31-2)4-5-16(18)20(17)26(24-19)14-6-9-34-12-14/h4-6,9-10,12,28-30H,3,7-8,11,13H2,1-2H3. The Morgan fingerprint density at radius 1 is 1.32 bits per heavy atom. The van der Waals surface area contributed by atoms with E-state index in [1.165, 1.54) is 11.3 Å². The molecule has 2 aliphatic heterocycles. The maximum atomic E-state index is 13.8. The first-order valence-corrected chi connectivity index (χ1v) is 11.7. The van der Waals surface area contributed by atoms with Gasteiger partial charge in [0.15, 0.2) is 5.69 Å². The fraction of sp³-hybridized carbons (Fsp3) is 0.391. The molecule has 2 aromatic heterocycles. The second kappa shape index (κ2) is 8.36. The third kappa shape index (κ3) is 3.95. The zero-order valence-corrected chi connectivity index (χ0v) is 19.5. The summed E-state index contributed by atoms with van der Waals surface area (Å²) in [5.74, 6) is 1.00. The Morgan fingerprint density at radius 2 is 2.15 bits per heavy atom. The van der Waals surface area contributed by atoms with Crippen LogP contribution in [0.3, 0.4) is 0 Å². The minimum Gasteiger partial charge on any atom is -0.497 e. The highest BCUT2D eigenvalue weighted by Gasteiger charge is 2.44. The van der Waals surface area contributed by atoms with E-state index in [0.717, 1.165) is 16.9 Å². The zero-order valence-electron chi connectivity index (χ0n) is 18.7. The first-order chi connectivity index (χ1) is 16.2.